The quantitative estimate of drug-likeness (QED) is 0.128. The Labute approximate surface area is 272 Å². The number of rotatable bonds is 11. The van der Waals surface area contributed by atoms with Crippen LogP contribution < -0.4 is 10.2 Å². The summed E-state index contributed by atoms with van der Waals surface area (Å²) in [6, 6.07) is 13.6. The molecule has 17 heteroatoms. The molecule has 1 heterocycles. The molecule has 0 bridgehead atoms. The van der Waals surface area contributed by atoms with Crippen molar-refractivity contribution in [1.29, 1.82) is 0 Å². The normalized spacial score (nSPS) is 13.9. The topological polar surface area (TPSA) is 141 Å². The largest absolute Gasteiger partial charge is 0.326 e. The number of tetrazole rings is 1. The van der Waals surface area contributed by atoms with Crippen molar-refractivity contribution in [2.24, 2.45) is 0 Å². The minimum Gasteiger partial charge on any atom is -0.326 e. The second-order valence-corrected chi connectivity index (χ2v) is 13.3. The van der Waals surface area contributed by atoms with Crippen LogP contribution in [-0.2, 0) is 32.6 Å². The summed E-state index contributed by atoms with van der Waals surface area (Å²) in [4.78, 5) is 25.2. The van der Waals surface area contributed by atoms with Gasteiger partial charge in [0.05, 0.1) is 19.5 Å². The SMILES string of the molecule is CN(CC(=O)N(Cc1ccc(C2CCCCC2)cc1)c1ccc(NC(=O)Cc2nn[nH]n2)cc1)S(=O)(=O)c1c(F)c(F)c(F)c(F)c1F. The third kappa shape index (κ3) is 7.52. The monoisotopic (exact) mass is 691 g/mol. The number of hydrogen-bond donors (Lipinski definition) is 2. The molecule has 1 aromatic heterocycles. The Morgan fingerprint density at radius 2 is 1.48 bits per heavy atom. The molecule has 0 aliphatic heterocycles. The molecule has 0 unspecified atom stereocenters. The molecule has 11 nitrogen and oxygen atoms in total. The number of nitrogens with zero attached hydrogens (tertiary/aromatic N) is 5. The summed E-state index contributed by atoms with van der Waals surface area (Å²) in [5.41, 5.74) is 2.44. The van der Waals surface area contributed by atoms with E-state index < -0.39 is 62.4 Å². The van der Waals surface area contributed by atoms with Gasteiger partial charge in [0.2, 0.25) is 27.7 Å². The second-order valence-electron chi connectivity index (χ2n) is 11.3. The van der Waals surface area contributed by atoms with Crippen molar-refractivity contribution in [3.63, 3.8) is 0 Å². The number of H-pyrrole nitrogens is 1. The van der Waals surface area contributed by atoms with Crippen LogP contribution in [0, 0.1) is 29.1 Å². The maximum atomic E-state index is 14.4. The lowest BCUT2D eigenvalue weighted by Crippen LogP contribution is -2.41. The van der Waals surface area contributed by atoms with E-state index in [1.807, 2.05) is 24.3 Å². The van der Waals surface area contributed by atoms with Crippen molar-refractivity contribution in [2.45, 2.75) is 55.9 Å². The van der Waals surface area contributed by atoms with Crippen molar-refractivity contribution >= 4 is 33.2 Å². The zero-order valence-electron chi connectivity index (χ0n) is 25.5. The molecule has 1 saturated carbocycles. The number of aromatic nitrogens is 4. The summed E-state index contributed by atoms with van der Waals surface area (Å²) in [5, 5.41) is 15.7. The van der Waals surface area contributed by atoms with E-state index in [0.717, 1.165) is 38.3 Å². The Kier molecular flexibility index (Phi) is 10.5. The number of aromatic amines is 1. The van der Waals surface area contributed by atoms with Crippen LogP contribution in [0.3, 0.4) is 0 Å². The van der Waals surface area contributed by atoms with Gasteiger partial charge in [0.15, 0.2) is 34.0 Å². The van der Waals surface area contributed by atoms with Crippen molar-refractivity contribution < 1.29 is 40.0 Å². The van der Waals surface area contributed by atoms with E-state index in [1.165, 1.54) is 35.6 Å². The molecule has 4 aromatic rings. The molecule has 1 aliphatic carbocycles. The zero-order valence-corrected chi connectivity index (χ0v) is 26.3. The summed E-state index contributed by atoms with van der Waals surface area (Å²) in [6.45, 7) is -1.09. The molecule has 2 N–H and O–H groups in total. The molecule has 254 valence electrons. The summed E-state index contributed by atoms with van der Waals surface area (Å²) in [6.07, 6.45) is 5.47. The van der Waals surface area contributed by atoms with Gasteiger partial charge in [0.1, 0.15) is 0 Å². The number of amides is 2. The minimum atomic E-state index is -5.38. The first-order valence-corrected chi connectivity index (χ1v) is 16.3. The van der Waals surface area contributed by atoms with E-state index >= 15 is 0 Å². The van der Waals surface area contributed by atoms with E-state index in [0.29, 0.717) is 17.2 Å². The molecule has 2 amide bonds. The fraction of sp³-hybridized carbons (Fsp3) is 0.323. The van der Waals surface area contributed by atoms with E-state index in [-0.39, 0.29) is 28.8 Å². The highest BCUT2D eigenvalue weighted by molar-refractivity contribution is 7.89. The van der Waals surface area contributed by atoms with Crippen LogP contribution in [0.2, 0.25) is 0 Å². The Balaban J connectivity index is 1.39. The van der Waals surface area contributed by atoms with Gasteiger partial charge in [-0.05, 0) is 54.2 Å². The van der Waals surface area contributed by atoms with Crippen LogP contribution in [0.25, 0.3) is 0 Å². The van der Waals surface area contributed by atoms with Crippen LogP contribution in [0.4, 0.5) is 33.3 Å². The molecule has 3 aromatic carbocycles. The Hall–Kier alpha value is -4.77. The van der Waals surface area contributed by atoms with Gasteiger partial charge >= 0.3 is 0 Å². The number of benzene rings is 3. The predicted molar refractivity (Wildman–Crippen MR) is 162 cm³/mol. The number of nitrogens with one attached hydrogen (secondary N) is 2. The van der Waals surface area contributed by atoms with Gasteiger partial charge in [-0.3, -0.25) is 9.59 Å². The summed E-state index contributed by atoms with van der Waals surface area (Å²) in [7, 11) is -4.60. The molecule has 0 atom stereocenters. The van der Waals surface area contributed by atoms with Gasteiger partial charge in [-0.2, -0.15) is 9.52 Å². The van der Waals surface area contributed by atoms with E-state index in [9.17, 15) is 40.0 Å². The maximum absolute atomic E-state index is 14.4. The molecular weight excluding hydrogens is 661 g/mol. The summed E-state index contributed by atoms with van der Waals surface area (Å²) < 4.78 is 96.5. The average Bonchev–Trinajstić information content (AvgIpc) is 3.59. The molecule has 5 rings (SSSR count). The number of halogens is 5. The standard InChI is InChI=1S/C31H30F5N7O4S/c1-42(48(46,47)31-29(35)27(33)26(32)28(34)30(31)36)17-25(45)43(16-18-7-9-20(10-8-18)19-5-3-2-4-6-19)22-13-11-21(12-14-22)37-24(44)15-23-38-40-41-39-23/h7-14,19H,2-6,15-17H2,1H3,(H,37,44)(H,38,39,40,41). The van der Waals surface area contributed by atoms with Gasteiger partial charge < -0.3 is 10.2 Å². The first-order valence-electron chi connectivity index (χ1n) is 14.9. The van der Waals surface area contributed by atoms with Gasteiger partial charge in [-0.1, -0.05) is 48.7 Å². The number of carbonyl (C=O) groups is 2. The molecule has 0 spiro atoms. The highest BCUT2D eigenvalue weighted by atomic mass is 32.2. The minimum absolute atomic E-state index is 0.0657. The van der Waals surface area contributed by atoms with Crippen molar-refractivity contribution in [2.75, 3.05) is 23.8 Å². The van der Waals surface area contributed by atoms with Crippen LogP contribution >= 0.6 is 0 Å². The van der Waals surface area contributed by atoms with Crippen molar-refractivity contribution in [1.82, 2.24) is 24.9 Å². The average molecular weight is 692 g/mol. The van der Waals surface area contributed by atoms with E-state index in [1.54, 1.807) is 0 Å². The van der Waals surface area contributed by atoms with E-state index in [2.05, 4.69) is 25.9 Å². The smallest absolute Gasteiger partial charge is 0.249 e. The lowest BCUT2D eigenvalue weighted by atomic mass is 9.84. The van der Waals surface area contributed by atoms with Crippen molar-refractivity contribution in [3.05, 3.63) is 94.6 Å². The second kappa shape index (κ2) is 14.6. The fourth-order valence-corrected chi connectivity index (χ4v) is 6.72. The third-order valence-electron chi connectivity index (χ3n) is 8.06. The fourth-order valence-electron chi connectivity index (χ4n) is 5.50. The van der Waals surface area contributed by atoms with Gasteiger partial charge in [-0.25, -0.2) is 30.4 Å². The highest BCUT2D eigenvalue weighted by Crippen LogP contribution is 2.33. The first-order chi connectivity index (χ1) is 22.9. The lowest BCUT2D eigenvalue weighted by Gasteiger charge is -2.27. The zero-order chi connectivity index (χ0) is 34.6. The number of carbonyl (C=O) groups excluding carboxylic acids is 2. The lowest BCUT2D eigenvalue weighted by molar-refractivity contribution is -0.119. The van der Waals surface area contributed by atoms with Crippen LogP contribution in [0.15, 0.2) is 53.4 Å². The van der Waals surface area contributed by atoms with Gasteiger partial charge in [0, 0.05) is 18.4 Å². The van der Waals surface area contributed by atoms with Gasteiger partial charge in [0.25, 0.3) is 0 Å². The van der Waals surface area contributed by atoms with Crippen LogP contribution in [0.5, 0.6) is 0 Å². The molecule has 1 fully saturated rings. The highest BCUT2D eigenvalue weighted by Gasteiger charge is 2.37. The van der Waals surface area contributed by atoms with Gasteiger partial charge in [-0.15, -0.1) is 10.2 Å². The molecule has 0 saturated heterocycles. The first kappa shape index (κ1) is 34.6. The Morgan fingerprint density at radius 1 is 0.875 bits per heavy atom. The molecule has 0 radical (unpaired) electrons. The Bertz CT molecular complexity index is 1860. The number of hydrogen-bond acceptors (Lipinski definition) is 7. The maximum Gasteiger partial charge on any atom is 0.249 e. The van der Waals surface area contributed by atoms with Crippen LogP contribution in [-0.4, -0.2) is 58.8 Å². The van der Waals surface area contributed by atoms with E-state index in [4.69, 9.17) is 0 Å². The number of sulfonamides is 1. The molecular formula is C31H30F5N7O4S. The van der Waals surface area contributed by atoms with Crippen LogP contribution in [0.1, 0.15) is 55.0 Å². The molecule has 48 heavy (non-hydrogen) atoms. The van der Waals surface area contributed by atoms with Crippen molar-refractivity contribution in [3.8, 4) is 0 Å². The number of anilines is 2. The third-order valence-corrected chi connectivity index (χ3v) is 9.89. The summed E-state index contributed by atoms with van der Waals surface area (Å²) in [5.74, 6) is -13.2. The predicted octanol–water partition coefficient (Wildman–Crippen LogP) is 4.98. The molecule has 1 aliphatic rings. The Morgan fingerprint density at radius 3 is 2.06 bits per heavy atom. The summed E-state index contributed by atoms with van der Waals surface area (Å²) >= 11 is 0. The number of likely N-dealkylation sites (N-methyl/N-ethyl adjacent to an activating group) is 1.